The molecule has 1 rings (SSSR count). The van der Waals surface area contributed by atoms with E-state index in [2.05, 4.69) is 22.5 Å². The van der Waals surface area contributed by atoms with E-state index >= 15 is 0 Å². The molecular weight excluding hydrogens is 251 g/mol. The van der Waals surface area contributed by atoms with Crippen molar-refractivity contribution in [1.29, 1.82) is 0 Å². The number of hydrogen-bond acceptors (Lipinski definition) is 1. The minimum Gasteiger partial charge on any atom is -0.384 e. The number of aliphatic hydroxyl groups is 1. The molecule has 1 atom stereocenters. The van der Waals surface area contributed by atoms with Crippen LogP contribution in [0.15, 0.2) is 34.8 Å². The van der Waals surface area contributed by atoms with Crippen molar-refractivity contribution in [3.8, 4) is 0 Å². The minimum absolute atomic E-state index is 0.602. The Hall–Kier alpha value is -0.310. The van der Waals surface area contributed by atoms with E-state index in [9.17, 15) is 5.11 Å². The van der Waals surface area contributed by atoms with Gasteiger partial charge in [0.15, 0.2) is 0 Å². The molecular formula is C10H10BrClO. The fraction of sp³-hybridized carbons (Fsp3) is 0.200. The van der Waals surface area contributed by atoms with Crippen LogP contribution in [0.1, 0.15) is 18.6 Å². The molecule has 13 heavy (non-hydrogen) atoms. The number of hydrogen-bond donors (Lipinski definition) is 1. The fourth-order valence-electron chi connectivity index (χ4n) is 1.02. The van der Waals surface area contributed by atoms with E-state index in [1.54, 1.807) is 19.1 Å². The van der Waals surface area contributed by atoms with Gasteiger partial charge in [-0.25, -0.2) is 0 Å². The Bertz CT molecular complexity index is 315. The number of halogens is 2. The third kappa shape index (κ3) is 2.83. The molecule has 1 unspecified atom stereocenters. The van der Waals surface area contributed by atoms with Crippen LogP contribution in [0.5, 0.6) is 0 Å². The van der Waals surface area contributed by atoms with Gasteiger partial charge in [-0.2, -0.15) is 0 Å². The largest absolute Gasteiger partial charge is 0.384 e. The molecule has 0 radical (unpaired) electrons. The summed E-state index contributed by atoms with van der Waals surface area (Å²) in [5.41, 5.74) is 1.46. The average molecular weight is 262 g/mol. The molecule has 0 aliphatic heterocycles. The summed E-state index contributed by atoms with van der Waals surface area (Å²) in [7, 11) is 0. The van der Waals surface area contributed by atoms with Crippen molar-refractivity contribution in [3.63, 3.8) is 0 Å². The highest BCUT2D eigenvalue weighted by molar-refractivity contribution is 9.10. The first kappa shape index (κ1) is 10.8. The second-order valence-electron chi connectivity index (χ2n) is 2.95. The summed E-state index contributed by atoms with van der Waals surface area (Å²) in [5, 5.41) is 10.3. The Kier molecular flexibility index (Phi) is 3.54. The highest BCUT2D eigenvalue weighted by Crippen LogP contribution is 2.26. The van der Waals surface area contributed by atoms with Gasteiger partial charge >= 0.3 is 0 Å². The molecule has 0 bridgehead atoms. The summed E-state index contributed by atoms with van der Waals surface area (Å²) >= 11 is 9.13. The maximum Gasteiger partial charge on any atom is 0.0996 e. The molecule has 1 aromatic rings. The van der Waals surface area contributed by atoms with Gasteiger partial charge in [-0.1, -0.05) is 34.1 Å². The van der Waals surface area contributed by atoms with Gasteiger partial charge in [0.1, 0.15) is 0 Å². The number of benzene rings is 1. The zero-order valence-corrected chi connectivity index (χ0v) is 9.56. The van der Waals surface area contributed by atoms with Gasteiger partial charge in [0.25, 0.3) is 0 Å². The Morgan fingerprint density at radius 1 is 1.54 bits per heavy atom. The van der Waals surface area contributed by atoms with Crippen LogP contribution in [-0.4, -0.2) is 5.11 Å². The van der Waals surface area contributed by atoms with Gasteiger partial charge in [0, 0.05) is 9.50 Å². The lowest BCUT2D eigenvalue weighted by atomic mass is 10.0. The van der Waals surface area contributed by atoms with E-state index in [4.69, 9.17) is 11.6 Å². The smallest absolute Gasteiger partial charge is 0.0996 e. The van der Waals surface area contributed by atoms with Crippen LogP contribution in [0.2, 0.25) is 5.02 Å². The first-order chi connectivity index (χ1) is 6.00. The van der Waals surface area contributed by atoms with E-state index in [-0.39, 0.29) is 0 Å². The lowest BCUT2D eigenvalue weighted by Crippen LogP contribution is -1.97. The zero-order chi connectivity index (χ0) is 10.0. The lowest BCUT2D eigenvalue weighted by Gasteiger charge is -2.11. The summed E-state index contributed by atoms with van der Waals surface area (Å²) in [6, 6.07) is 5.33. The molecule has 1 nitrogen and oxygen atoms in total. The molecule has 0 aliphatic rings. The van der Waals surface area contributed by atoms with Crippen LogP contribution in [0.25, 0.3) is 0 Å². The highest BCUT2D eigenvalue weighted by atomic mass is 79.9. The van der Waals surface area contributed by atoms with Crippen molar-refractivity contribution < 1.29 is 5.11 Å². The average Bonchev–Trinajstić information content (AvgIpc) is 2.01. The van der Waals surface area contributed by atoms with E-state index in [0.29, 0.717) is 10.6 Å². The minimum atomic E-state index is -0.644. The van der Waals surface area contributed by atoms with Crippen molar-refractivity contribution in [1.82, 2.24) is 0 Å². The molecule has 1 N–H and O–H groups in total. The molecule has 70 valence electrons. The predicted octanol–water partition coefficient (Wildman–Crippen LogP) is 3.71. The fourth-order valence-corrected chi connectivity index (χ4v) is 1.90. The van der Waals surface area contributed by atoms with Crippen LogP contribution in [0.3, 0.4) is 0 Å². The maximum atomic E-state index is 9.67. The Balaban J connectivity index is 3.07. The summed E-state index contributed by atoms with van der Waals surface area (Å²) in [4.78, 5) is 0. The van der Waals surface area contributed by atoms with Crippen LogP contribution >= 0.6 is 27.5 Å². The van der Waals surface area contributed by atoms with Gasteiger partial charge in [-0.15, -0.1) is 0 Å². The first-order valence-electron chi connectivity index (χ1n) is 3.80. The van der Waals surface area contributed by atoms with Crippen molar-refractivity contribution in [2.45, 2.75) is 13.0 Å². The van der Waals surface area contributed by atoms with Gasteiger partial charge in [-0.3, -0.25) is 0 Å². The van der Waals surface area contributed by atoms with Gasteiger partial charge in [0.2, 0.25) is 0 Å². The lowest BCUT2D eigenvalue weighted by molar-refractivity contribution is 0.216. The Morgan fingerprint density at radius 3 is 2.62 bits per heavy atom. The molecule has 0 aromatic heterocycles. The molecule has 0 saturated carbocycles. The first-order valence-corrected chi connectivity index (χ1v) is 4.97. The van der Waals surface area contributed by atoms with E-state index in [0.717, 1.165) is 10.0 Å². The van der Waals surface area contributed by atoms with Crippen LogP contribution < -0.4 is 0 Å². The quantitative estimate of drug-likeness (QED) is 0.805. The van der Waals surface area contributed by atoms with Crippen LogP contribution in [-0.2, 0) is 0 Å². The SMILES string of the molecule is C=C(C)C(O)c1cc(Cl)cc(Br)c1. The molecule has 0 amide bonds. The van der Waals surface area contributed by atoms with Crippen molar-refractivity contribution in [2.24, 2.45) is 0 Å². The predicted molar refractivity (Wildman–Crippen MR) is 58.9 cm³/mol. The maximum absolute atomic E-state index is 9.67. The Morgan fingerprint density at radius 2 is 2.15 bits per heavy atom. The summed E-state index contributed by atoms with van der Waals surface area (Å²) in [5.74, 6) is 0. The number of aliphatic hydroxyl groups excluding tert-OH is 1. The van der Waals surface area contributed by atoms with Crippen molar-refractivity contribution in [3.05, 3.63) is 45.4 Å². The van der Waals surface area contributed by atoms with Gasteiger partial charge in [0.05, 0.1) is 6.10 Å². The van der Waals surface area contributed by atoms with Crippen LogP contribution in [0.4, 0.5) is 0 Å². The third-order valence-corrected chi connectivity index (χ3v) is 2.34. The topological polar surface area (TPSA) is 20.2 Å². The van der Waals surface area contributed by atoms with Gasteiger partial charge in [-0.05, 0) is 36.3 Å². The molecule has 1 aromatic carbocycles. The monoisotopic (exact) mass is 260 g/mol. The second kappa shape index (κ2) is 4.27. The normalized spacial score (nSPS) is 12.6. The summed E-state index contributed by atoms with van der Waals surface area (Å²) in [6.45, 7) is 5.46. The zero-order valence-electron chi connectivity index (χ0n) is 7.22. The van der Waals surface area contributed by atoms with Crippen molar-refractivity contribution >= 4 is 27.5 Å². The van der Waals surface area contributed by atoms with Crippen LogP contribution in [0, 0.1) is 0 Å². The molecule has 0 saturated heterocycles. The third-order valence-electron chi connectivity index (χ3n) is 1.67. The van der Waals surface area contributed by atoms with E-state index in [1.807, 2.05) is 6.07 Å². The second-order valence-corrected chi connectivity index (χ2v) is 4.30. The van der Waals surface area contributed by atoms with E-state index in [1.165, 1.54) is 0 Å². The standard InChI is InChI=1S/C10H10BrClO/c1-6(2)10(13)7-3-8(11)5-9(12)4-7/h3-5,10,13H,1H2,2H3. The molecule has 0 aliphatic carbocycles. The summed E-state index contributed by atoms with van der Waals surface area (Å²) in [6.07, 6.45) is -0.644. The van der Waals surface area contributed by atoms with E-state index < -0.39 is 6.10 Å². The highest BCUT2D eigenvalue weighted by Gasteiger charge is 2.09. The molecule has 0 heterocycles. The molecule has 3 heteroatoms. The van der Waals surface area contributed by atoms with Gasteiger partial charge < -0.3 is 5.11 Å². The number of rotatable bonds is 2. The summed E-state index contributed by atoms with van der Waals surface area (Å²) < 4.78 is 0.857. The molecule has 0 fully saturated rings. The Labute approximate surface area is 91.2 Å². The van der Waals surface area contributed by atoms with Crippen molar-refractivity contribution in [2.75, 3.05) is 0 Å². The molecule has 0 spiro atoms.